The van der Waals surface area contributed by atoms with Gasteiger partial charge in [0.15, 0.2) is 0 Å². The van der Waals surface area contributed by atoms with E-state index >= 15 is 0 Å². The van der Waals surface area contributed by atoms with Gasteiger partial charge in [0, 0.05) is 23.2 Å². The lowest BCUT2D eigenvalue weighted by Gasteiger charge is -1.99. The van der Waals surface area contributed by atoms with Crippen molar-refractivity contribution in [2.45, 2.75) is 0 Å². The second-order valence-electron chi connectivity index (χ2n) is 3.48. The van der Waals surface area contributed by atoms with E-state index in [1.54, 1.807) is 24.7 Å². The molecular weight excluding hydrogens is 268 g/mol. The molecule has 18 heavy (non-hydrogen) atoms. The predicted octanol–water partition coefficient (Wildman–Crippen LogP) is 3.49. The number of halogens is 1. The van der Waals surface area contributed by atoms with E-state index in [0.717, 1.165) is 10.4 Å². The van der Waals surface area contributed by atoms with E-state index in [1.165, 1.54) is 11.3 Å². The van der Waals surface area contributed by atoms with Crippen LogP contribution < -0.4 is 0 Å². The van der Waals surface area contributed by atoms with E-state index in [-0.39, 0.29) is 0 Å². The zero-order valence-electron chi connectivity index (χ0n) is 9.12. The van der Waals surface area contributed by atoms with Gasteiger partial charge in [-0.3, -0.25) is 0 Å². The van der Waals surface area contributed by atoms with Crippen LogP contribution in [0.1, 0.15) is 5.01 Å². The van der Waals surface area contributed by atoms with Crippen LogP contribution in [-0.4, -0.2) is 21.2 Å². The van der Waals surface area contributed by atoms with Gasteiger partial charge < -0.3 is 0 Å². The third-order valence-electron chi connectivity index (χ3n) is 2.29. The summed E-state index contributed by atoms with van der Waals surface area (Å²) < 4.78 is 0. The van der Waals surface area contributed by atoms with Gasteiger partial charge in [0.2, 0.25) is 5.95 Å². The Balaban J connectivity index is 2.01. The summed E-state index contributed by atoms with van der Waals surface area (Å²) in [6.07, 6.45) is 5.08. The fourth-order valence-corrected chi connectivity index (χ4v) is 2.20. The standard InChI is InChI=1S/C12H7ClN4S/c13-9-3-1-2-8-6-15-12(17-11(8)9)16-7-10-14-4-5-18-10/h1-7H. The summed E-state index contributed by atoms with van der Waals surface area (Å²) in [7, 11) is 0. The predicted molar refractivity (Wildman–Crippen MR) is 73.9 cm³/mol. The maximum absolute atomic E-state index is 6.08. The van der Waals surface area contributed by atoms with E-state index < -0.39 is 0 Å². The van der Waals surface area contributed by atoms with E-state index in [1.807, 2.05) is 17.5 Å². The SMILES string of the molecule is Clc1cccc2cnc(N=Cc3nccs3)nc12. The van der Waals surface area contributed by atoms with Crippen LogP contribution in [0.2, 0.25) is 5.02 Å². The van der Waals surface area contributed by atoms with Crippen molar-refractivity contribution in [3.05, 3.63) is 46.0 Å². The molecule has 0 fully saturated rings. The first-order valence-electron chi connectivity index (χ1n) is 5.18. The van der Waals surface area contributed by atoms with Gasteiger partial charge in [-0.1, -0.05) is 23.7 Å². The second kappa shape index (κ2) is 4.80. The highest BCUT2D eigenvalue weighted by molar-refractivity contribution is 7.11. The van der Waals surface area contributed by atoms with Crippen LogP contribution in [0.15, 0.2) is 41.0 Å². The van der Waals surface area contributed by atoms with Crippen LogP contribution in [0.4, 0.5) is 5.95 Å². The van der Waals surface area contributed by atoms with Crippen molar-refractivity contribution in [1.29, 1.82) is 0 Å². The Morgan fingerprint density at radius 3 is 3.06 bits per heavy atom. The molecule has 4 nitrogen and oxygen atoms in total. The molecule has 0 aliphatic carbocycles. The zero-order chi connectivity index (χ0) is 12.4. The van der Waals surface area contributed by atoms with Crippen molar-refractivity contribution in [3.63, 3.8) is 0 Å². The van der Waals surface area contributed by atoms with Crippen molar-refractivity contribution < 1.29 is 0 Å². The monoisotopic (exact) mass is 274 g/mol. The summed E-state index contributed by atoms with van der Waals surface area (Å²) in [6, 6.07) is 5.58. The van der Waals surface area contributed by atoms with Crippen LogP contribution in [0.5, 0.6) is 0 Å². The highest BCUT2D eigenvalue weighted by Crippen LogP contribution is 2.22. The first-order valence-corrected chi connectivity index (χ1v) is 6.43. The second-order valence-corrected chi connectivity index (χ2v) is 4.81. The van der Waals surface area contributed by atoms with Crippen molar-refractivity contribution in [2.24, 2.45) is 4.99 Å². The highest BCUT2D eigenvalue weighted by Gasteiger charge is 2.02. The molecule has 6 heteroatoms. The minimum Gasteiger partial charge on any atom is -0.244 e. The van der Waals surface area contributed by atoms with Gasteiger partial charge in [0.1, 0.15) is 5.01 Å². The largest absolute Gasteiger partial charge is 0.250 e. The van der Waals surface area contributed by atoms with Crippen molar-refractivity contribution in [3.8, 4) is 0 Å². The van der Waals surface area contributed by atoms with E-state index in [9.17, 15) is 0 Å². The van der Waals surface area contributed by atoms with Crippen LogP contribution >= 0.6 is 22.9 Å². The Labute approximate surface area is 112 Å². The summed E-state index contributed by atoms with van der Waals surface area (Å²) in [5.41, 5.74) is 0.709. The van der Waals surface area contributed by atoms with Crippen molar-refractivity contribution in [2.75, 3.05) is 0 Å². The van der Waals surface area contributed by atoms with Gasteiger partial charge in [-0.05, 0) is 6.07 Å². The molecule has 1 aromatic carbocycles. The minimum absolute atomic E-state index is 0.380. The number of rotatable bonds is 2. The van der Waals surface area contributed by atoms with Crippen LogP contribution in [0.25, 0.3) is 10.9 Å². The average molecular weight is 275 g/mol. The Bertz CT molecular complexity index is 709. The van der Waals surface area contributed by atoms with Crippen LogP contribution in [0.3, 0.4) is 0 Å². The summed E-state index contributed by atoms with van der Waals surface area (Å²) >= 11 is 7.58. The van der Waals surface area contributed by atoms with Gasteiger partial charge >= 0.3 is 0 Å². The quantitative estimate of drug-likeness (QED) is 0.672. The fraction of sp³-hybridized carbons (Fsp3) is 0. The molecule has 2 heterocycles. The van der Waals surface area contributed by atoms with Crippen LogP contribution in [-0.2, 0) is 0 Å². The molecule has 0 aliphatic rings. The summed E-state index contributed by atoms with van der Waals surface area (Å²) in [6.45, 7) is 0. The van der Waals surface area contributed by atoms with Crippen LogP contribution in [0, 0.1) is 0 Å². The Morgan fingerprint density at radius 2 is 2.22 bits per heavy atom. The van der Waals surface area contributed by atoms with Crippen molar-refractivity contribution >= 4 is 46.0 Å². The number of nitrogens with zero attached hydrogens (tertiary/aromatic N) is 4. The number of hydrogen-bond acceptors (Lipinski definition) is 5. The number of aromatic nitrogens is 3. The minimum atomic E-state index is 0.380. The molecule has 0 unspecified atom stereocenters. The lowest BCUT2D eigenvalue weighted by Crippen LogP contribution is -1.85. The molecule has 0 bridgehead atoms. The summed E-state index contributed by atoms with van der Waals surface area (Å²) in [5.74, 6) is 0.380. The molecule has 3 rings (SSSR count). The number of hydrogen-bond donors (Lipinski definition) is 0. The topological polar surface area (TPSA) is 51.0 Å². The molecule has 0 amide bonds. The van der Waals surface area contributed by atoms with Gasteiger partial charge in [-0.15, -0.1) is 11.3 Å². The number of thiazole rings is 1. The molecule has 0 saturated carbocycles. The maximum Gasteiger partial charge on any atom is 0.250 e. The molecular formula is C12H7ClN4S. The molecule has 0 spiro atoms. The van der Waals surface area contributed by atoms with Gasteiger partial charge in [-0.25, -0.2) is 19.9 Å². The smallest absolute Gasteiger partial charge is 0.244 e. The first kappa shape index (κ1) is 11.3. The number of fused-ring (bicyclic) bond motifs is 1. The maximum atomic E-state index is 6.08. The third-order valence-corrected chi connectivity index (χ3v) is 3.31. The van der Waals surface area contributed by atoms with E-state index in [2.05, 4.69) is 19.9 Å². The molecule has 0 N–H and O–H groups in total. The molecule has 88 valence electrons. The molecule has 3 aromatic rings. The lowest BCUT2D eigenvalue weighted by atomic mass is 10.2. The Kier molecular flexibility index (Phi) is 3.00. The highest BCUT2D eigenvalue weighted by atomic mass is 35.5. The zero-order valence-corrected chi connectivity index (χ0v) is 10.7. The molecule has 0 atom stereocenters. The van der Waals surface area contributed by atoms with Crippen molar-refractivity contribution in [1.82, 2.24) is 15.0 Å². The first-order chi connectivity index (χ1) is 8.83. The fourth-order valence-electron chi connectivity index (χ4n) is 1.48. The van der Waals surface area contributed by atoms with Gasteiger partial charge in [0.25, 0.3) is 0 Å². The number of aliphatic imine (C=N–C) groups is 1. The number of para-hydroxylation sites is 1. The van der Waals surface area contributed by atoms with Gasteiger partial charge in [-0.2, -0.15) is 0 Å². The third kappa shape index (κ3) is 2.23. The lowest BCUT2D eigenvalue weighted by molar-refractivity contribution is 1.18. The molecule has 2 aromatic heterocycles. The Hall–Kier alpha value is -1.85. The number of benzene rings is 1. The van der Waals surface area contributed by atoms with E-state index in [4.69, 9.17) is 11.6 Å². The average Bonchev–Trinajstić information content (AvgIpc) is 2.90. The molecule has 0 radical (unpaired) electrons. The molecule has 0 saturated heterocycles. The Morgan fingerprint density at radius 1 is 1.28 bits per heavy atom. The normalized spacial score (nSPS) is 11.4. The summed E-state index contributed by atoms with van der Waals surface area (Å²) in [4.78, 5) is 16.7. The molecule has 0 aliphatic heterocycles. The van der Waals surface area contributed by atoms with E-state index in [0.29, 0.717) is 16.5 Å². The summed E-state index contributed by atoms with van der Waals surface area (Å²) in [5, 5.41) is 4.20. The van der Waals surface area contributed by atoms with Gasteiger partial charge in [0.05, 0.1) is 16.8 Å².